The van der Waals surface area contributed by atoms with Crippen molar-refractivity contribution in [3.8, 4) is 0 Å². The van der Waals surface area contributed by atoms with E-state index in [1.807, 2.05) is 0 Å². The first-order chi connectivity index (χ1) is 5.27. The quantitative estimate of drug-likeness (QED) is 0.557. The predicted octanol–water partition coefficient (Wildman–Crippen LogP) is 0.709. The van der Waals surface area contributed by atoms with Crippen molar-refractivity contribution in [2.24, 2.45) is 11.8 Å². The van der Waals surface area contributed by atoms with E-state index in [9.17, 15) is 5.11 Å². The molecule has 1 aliphatic heterocycles. The van der Waals surface area contributed by atoms with Crippen LogP contribution in [0.2, 0.25) is 0 Å². The van der Waals surface area contributed by atoms with Gasteiger partial charge < -0.3 is 10.0 Å². The van der Waals surface area contributed by atoms with Crippen LogP contribution in [-0.4, -0.2) is 36.2 Å². The van der Waals surface area contributed by atoms with Crippen LogP contribution in [0.4, 0.5) is 0 Å². The van der Waals surface area contributed by atoms with Gasteiger partial charge in [0.05, 0.1) is 6.10 Å². The Morgan fingerprint density at radius 1 is 1.27 bits per heavy atom. The van der Waals surface area contributed by atoms with Crippen LogP contribution in [0.3, 0.4) is 0 Å². The molecule has 11 heavy (non-hydrogen) atoms. The van der Waals surface area contributed by atoms with E-state index >= 15 is 0 Å². The van der Waals surface area contributed by atoms with Gasteiger partial charge >= 0.3 is 0 Å². The molecule has 64 valence electrons. The largest absolute Gasteiger partial charge is 0.393 e. The van der Waals surface area contributed by atoms with Crippen LogP contribution in [-0.2, 0) is 0 Å². The van der Waals surface area contributed by atoms with Crippen molar-refractivity contribution in [3.05, 3.63) is 0 Å². The third-order valence-corrected chi connectivity index (χ3v) is 3.24. The van der Waals surface area contributed by atoms with Gasteiger partial charge in [-0.1, -0.05) is 6.42 Å². The lowest BCUT2D eigenvalue weighted by Gasteiger charge is -2.28. The van der Waals surface area contributed by atoms with Crippen molar-refractivity contribution < 1.29 is 5.11 Å². The molecule has 1 heterocycles. The van der Waals surface area contributed by atoms with Crippen molar-refractivity contribution in [1.82, 2.24) is 4.90 Å². The summed E-state index contributed by atoms with van der Waals surface area (Å²) in [6.07, 6.45) is 3.61. The molecule has 1 saturated carbocycles. The molecular formula is C9H17NO. The van der Waals surface area contributed by atoms with Crippen LogP contribution in [0, 0.1) is 11.8 Å². The van der Waals surface area contributed by atoms with Crippen LogP contribution in [0.15, 0.2) is 0 Å². The third kappa shape index (κ3) is 1.30. The Morgan fingerprint density at radius 2 is 2.09 bits per heavy atom. The molecule has 0 radical (unpaired) electrons. The summed E-state index contributed by atoms with van der Waals surface area (Å²) in [6, 6.07) is 0. The number of rotatable bonds is 0. The molecule has 1 N–H and O–H groups in total. The Labute approximate surface area is 68.2 Å². The highest BCUT2D eigenvalue weighted by molar-refractivity contribution is 4.89. The second-order valence-corrected chi connectivity index (χ2v) is 4.14. The molecule has 1 aliphatic carbocycles. The maximum Gasteiger partial charge on any atom is 0.0583 e. The zero-order chi connectivity index (χ0) is 7.84. The Hall–Kier alpha value is -0.0800. The van der Waals surface area contributed by atoms with Crippen LogP contribution < -0.4 is 0 Å². The Morgan fingerprint density at radius 3 is 2.82 bits per heavy atom. The molecule has 0 amide bonds. The minimum absolute atomic E-state index is 0.00120. The van der Waals surface area contributed by atoms with Crippen LogP contribution >= 0.6 is 0 Å². The number of aliphatic hydroxyl groups excluding tert-OH is 1. The Kier molecular flexibility index (Phi) is 1.90. The summed E-state index contributed by atoms with van der Waals surface area (Å²) in [5.41, 5.74) is 0. The fourth-order valence-electron chi connectivity index (χ4n) is 2.66. The highest BCUT2D eigenvalue weighted by Crippen LogP contribution is 2.35. The second-order valence-electron chi connectivity index (χ2n) is 4.14. The molecule has 2 aliphatic rings. The van der Waals surface area contributed by atoms with Gasteiger partial charge in [0, 0.05) is 19.0 Å². The first kappa shape index (κ1) is 7.56. The number of nitrogens with zero attached hydrogens (tertiary/aromatic N) is 1. The second kappa shape index (κ2) is 2.76. The predicted molar refractivity (Wildman–Crippen MR) is 44.3 cm³/mol. The number of aliphatic hydroxyl groups is 1. The highest BCUT2D eigenvalue weighted by Gasteiger charge is 2.37. The first-order valence-electron chi connectivity index (χ1n) is 4.64. The lowest BCUT2D eigenvalue weighted by atomic mass is 9.80. The Balaban J connectivity index is 2.03. The van der Waals surface area contributed by atoms with E-state index in [-0.39, 0.29) is 6.10 Å². The maximum atomic E-state index is 9.67. The molecular weight excluding hydrogens is 138 g/mol. The number of likely N-dealkylation sites (tertiary alicyclic amines) is 1. The monoisotopic (exact) mass is 155 g/mol. The van der Waals surface area contributed by atoms with Crippen molar-refractivity contribution in [2.45, 2.75) is 25.4 Å². The van der Waals surface area contributed by atoms with Gasteiger partial charge in [0.2, 0.25) is 0 Å². The molecule has 0 aromatic heterocycles. The zero-order valence-corrected chi connectivity index (χ0v) is 7.16. The molecule has 2 nitrogen and oxygen atoms in total. The fourth-order valence-corrected chi connectivity index (χ4v) is 2.66. The topological polar surface area (TPSA) is 23.5 Å². The molecule has 3 atom stereocenters. The van der Waals surface area contributed by atoms with Gasteiger partial charge in [0.25, 0.3) is 0 Å². The lowest BCUT2D eigenvalue weighted by Crippen LogP contribution is -2.31. The standard InChI is InChI=1S/C9H17NO/c1-10-5-7-3-2-4-9(11)8(7)6-10/h7-9,11H,2-6H2,1H3/t7-,8+,9?/m1/s1. The van der Waals surface area contributed by atoms with Crippen molar-refractivity contribution in [1.29, 1.82) is 0 Å². The van der Waals surface area contributed by atoms with E-state index in [2.05, 4.69) is 11.9 Å². The molecule has 2 heteroatoms. The van der Waals surface area contributed by atoms with Gasteiger partial charge in [-0.05, 0) is 25.8 Å². The van der Waals surface area contributed by atoms with E-state index < -0.39 is 0 Å². The molecule has 0 bridgehead atoms. The maximum absolute atomic E-state index is 9.67. The minimum atomic E-state index is -0.00120. The van der Waals surface area contributed by atoms with Crippen LogP contribution in [0.5, 0.6) is 0 Å². The average Bonchev–Trinajstić information content (AvgIpc) is 2.31. The van der Waals surface area contributed by atoms with Gasteiger partial charge in [-0.25, -0.2) is 0 Å². The van der Waals surface area contributed by atoms with Gasteiger partial charge in [-0.3, -0.25) is 0 Å². The van der Waals surface area contributed by atoms with Crippen molar-refractivity contribution >= 4 is 0 Å². The molecule has 0 spiro atoms. The van der Waals surface area contributed by atoms with E-state index in [1.165, 1.54) is 19.4 Å². The minimum Gasteiger partial charge on any atom is -0.393 e. The van der Waals surface area contributed by atoms with Gasteiger partial charge in [0.1, 0.15) is 0 Å². The number of hydrogen-bond acceptors (Lipinski definition) is 2. The summed E-state index contributed by atoms with van der Waals surface area (Å²) in [5.74, 6) is 1.39. The van der Waals surface area contributed by atoms with Gasteiger partial charge in [0.15, 0.2) is 0 Å². The first-order valence-corrected chi connectivity index (χ1v) is 4.64. The lowest BCUT2D eigenvalue weighted by molar-refractivity contribution is 0.0552. The van der Waals surface area contributed by atoms with Crippen LogP contribution in [0.25, 0.3) is 0 Å². The van der Waals surface area contributed by atoms with Gasteiger partial charge in [-0.2, -0.15) is 0 Å². The fraction of sp³-hybridized carbons (Fsp3) is 1.00. The summed E-state index contributed by atoms with van der Waals surface area (Å²) in [7, 11) is 2.16. The van der Waals surface area contributed by atoms with E-state index in [0.717, 1.165) is 18.9 Å². The molecule has 1 saturated heterocycles. The summed E-state index contributed by atoms with van der Waals surface area (Å²) < 4.78 is 0. The molecule has 1 unspecified atom stereocenters. The van der Waals surface area contributed by atoms with E-state index in [0.29, 0.717) is 5.92 Å². The van der Waals surface area contributed by atoms with Crippen molar-refractivity contribution in [3.63, 3.8) is 0 Å². The molecule has 0 aromatic carbocycles. The molecule has 2 rings (SSSR count). The summed E-state index contributed by atoms with van der Waals surface area (Å²) in [5, 5.41) is 9.67. The number of fused-ring (bicyclic) bond motifs is 1. The third-order valence-electron chi connectivity index (χ3n) is 3.24. The SMILES string of the molecule is CN1C[C@H]2CCCC(O)[C@H]2C1. The summed E-state index contributed by atoms with van der Waals surface area (Å²) in [4.78, 5) is 2.35. The summed E-state index contributed by atoms with van der Waals surface area (Å²) >= 11 is 0. The van der Waals surface area contributed by atoms with Crippen LogP contribution in [0.1, 0.15) is 19.3 Å². The van der Waals surface area contributed by atoms with Crippen molar-refractivity contribution in [2.75, 3.05) is 20.1 Å². The average molecular weight is 155 g/mol. The normalized spacial score (nSPS) is 45.8. The zero-order valence-electron chi connectivity index (χ0n) is 7.16. The molecule has 2 fully saturated rings. The molecule has 0 aromatic rings. The number of hydrogen-bond donors (Lipinski definition) is 1. The van der Waals surface area contributed by atoms with Gasteiger partial charge in [-0.15, -0.1) is 0 Å². The smallest absolute Gasteiger partial charge is 0.0583 e. The summed E-state index contributed by atoms with van der Waals surface area (Å²) in [6.45, 7) is 2.33. The Bertz CT molecular complexity index is 148. The van der Waals surface area contributed by atoms with E-state index in [1.54, 1.807) is 0 Å². The highest BCUT2D eigenvalue weighted by atomic mass is 16.3. The van der Waals surface area contributed by atoms with E-state index in [4.69, 9.17) is 0 Å².